The summed E-state index contributed by atoms with van der Waals surface area (Å²) in [5.74, 6) is 0.520. The number of anilines is 1. The second-order valence-electron chi connectivity index (χ2n) is 4.09. The molecular weight excluding hydrogens is 244 g/mol. The molecule has 3 rings (SSSR count). The third-order valence-electron chi connectivity index (χ3n) is 2.92. The van der Waals surface area contributed by atoms with Crippen LogP contribution in [-0.2, 0) is 0 Å². The minimum Gasteiger partial charge on any atom is -0.384 e. The highest BCUT2D eigenvalue weighted by Crippen LogP contribution is 2.32. The van der Waals surface area contributed by atoms with E-state index in [0.717, 1.165) is 27.1 Å². The van der Waals surface area contributed by atoms with Crippen LogP contribution in [0, 0.1) is 0 Å². The highest BCUT2D eigenvalue weighted by molar-refractivity contribution is 6.36. The lowest BCUT2D eigenvalue weighted by Crippen LogP contribution is -1.92. The van der Waals surface area contributed by atoms with Crippen LogP contribution in [0.1, 0.15) is 0 Å². The predicted molar refractivity (Wildman–Crippen MR) is 76.6 cm³/mol. The lowest BCUT2D eigenvalue weighted by Gasteiger charge is -2.08. The van der Waals surface area contributed by atoms with E-state index in [1.165, 1.54) is 0 Å². The van der Waals surface area contributed by atoms with Crippen molar-refractivity contribution in [3.05, 3.63) is 59.6 Å². The molecule has 2 N–H and O–H groups in total. The van der Waals surface area contributed by atoms with Gasteiger partial charge in [0.1, 0.15) is 5.82 Å². The van der Waals surface area contributed by atoms with Crippen molar-refractivity contribution in [3.63, 3.8) is 0 Å². The number of rotatable bonds is 1. The predicted octanol–water partition coefficient (Wildman–Crippen LogP) is 4.14. The van der Waals surface area contributed by atoms with E-state index in [1.807, 2.05) is 48.5 Å². The second kappa shape index (κ2) is 4.31. The SMILES string of the molecule is Nc1cccc(-c2ccc(Cl)c3ccccc23)n1. The maximum atomic E-state index is 6.20. The molecule has 3 aromatic rings. The van der Waals surface area contributed by atoms with Gasteiger partial charge in [-0.3, -0.25) is 0 Å². The average molecular weight is 255 g/mol. The fraction of sp³-hybridized carbons (Fsp3) is 0. The first kappa shape index (κ1) is 11.1. The van der Waals surface area contributed by atoms with Gasteiger partial charge in [-0.1, -0.05) is 48.0 Å². The number of aromatic nitrogens is 1. The number of benzene rings is 2. The second-order valence-corrected chi connectivity index (χ2v) is 4.50. The molecule has 0 spiro atoms. The number of nitrogens with two attached hydrogens (primary N) is 1. The average Bonchev–Trinajstić information content (AvgIpc) is 2.39. The number of nitrogens with zero attached hydrogens (tertiary/aromatic N) is 1. The van der Waals surface area contributed by atoms with E-state index < -0.39 is 0 Å². The van der Waals surface area contributed by atoms with Gasteiger partial charge in [-0.05, 0) is 23.6 Å². The molecule has 0 fully saturated rings. The van der Waals surface area contributed by atoms with Crippen LogP contribution in [0.5, 0.6) is 0 Å². The Morgan fingerprint density at radius 2 is 1.61 bits per heavy atom. The van der Waals surface area contributed by atoms with Crippen LogP contribution < -0.4 is 5.73 Å². The van der Waals surface area contributed by atoms with Crippen LogP contribution in [0.4, 0.5) is 5.82 Å². The topological polar surface area (TPSA) is 38.9 Å². The molecular formula is C15H11ClN2. The summed E-state index contributed by atoms with van der Waals surface area (Å²) in [6.07, 6.45) is 0. The van der Waals surface area contributed by atoms with Gasteiger partial charge in [0.25, 0.3) is 0 Å². The van der Waals surface area contributed by atoms with E-state index >= 15 is 0 Å². The zero-order valence-corrected chi connectivity index (χ0v) is 10.4. The summed E-state index contributed by atoms with van der Waals surface area (Å²) in [6.45, 7) is 0. The Kier molecular flexibility index (Phi) is 2.65. The first-order valence-corrected chi connectivity index (χ1v) is 6.03. The Balaban J connectivity index is 2.33. The van der Waals surface area contributed by atoms with E-state index in [1.54, 1.807) is 6.07 Å². The molecule has 0 aliphatic carbocycles. The number of hydrogen-bond acceptors (Lipinski definition) is 2. The summed E-state index contributed by atoms with van der Waals surface area (Å²) < 4.78 is 0. The third kappa shape index (κ3) is 1.81. The van der Waals surface area contributed by atoms with Gasteiger partial charge in [-0.15, -0.1) is 0 Å². The van der Waals surface area contributed by atoms with Crippen molar-refractivity contribution in [2.45, 2.75) is 0 Å². The summed E-state index contributed by atoms with van der Waals surface area (Å²) in [5.41, 5.74) is 7.64. The molecule has 0 atom stereocenters. The molecule has 3 heteroatoms. The zero-order chi connectivity index (χ0) is 12.5. The summed E-state index contributed by atoms with van der Waals surface area (Å²) in [6, 6.07) is 17.5. The first-order valence-electron chi connectivity index (χ1n) is 5.66. The molecule has 0 radical (unpaired) electrons. The van der Waals surface area contributed by atoms with Crippen molar-refractivity contribution < 1.29 is 0 Å². The summed E-state index contributed by atoms with van der Waals surface area (Å²) in [5, 5.41) is 2.86. The smallest absolute Gasteiger partial charge is 0.124 e. The van der Waals surface area contributed by atoms with Gasteiger partial charge in [0.15, 0.2) is 0 Å². The normalized spacial score (nSPS) is 10.7. The van der Waals surface area contributed by atoms with Crippen LogP contribution >= 0.6 is 11.6 Å². The van der Waals surface area contributed by atoms with Crippen LogP contribution in [-0.4, -0.2) is 4.98 Å². The molecule has 0 saturated heterocycles. The Labute approximate surface area is 110 Å². The van der Waals surface area contributed by atoms with Gasteiger partial charge in [0.05, 0.1) is 5.69 Å². The van der Waals surface area contributed by atoms with Crippen LogP contribution in [0.3, 0.4) is 0 Å². The highest BCUT2D eigenvalue weighted by atomic mass is 35.5. The molecule has 1 heterocycles. The van der Waals surface area contributed by atoms with Crippen molar-refractivity contribution >= 4 is 28.2 Å². The maximum absolute atomic E-state index is 6.20. The monoisotopic (exact) mass is 254 g/mol. The van der Waals surface area contributed by atoms with E-state index in [2.05, 4.69) is 4.98 Å². The van der Waals surface area contributed by atoms with E-state index in [0.29, 0.717) is 5.82 Å². The minimum atomic E-state index is 0.520. The fourth-order valence-electron chi connectivity index (χ4n) is 2.09. The Hall–Kier alpha value is -2.06. The Morgan fingerprint density at radius 1 is 0.833 bits per heavy atom. The summed E-state index contributed by atoms with van der Waals surface area (Å²) in [4.78, 5) is 4.36. The molecule has 0 bridgehead atoms. The van der Waals surface area contributed by atoms with Gasteiger partial charge in [-0.25, -0.2) is 4.98 Å². The van der Waals surface area contributed by atoms with E-state index in [4.69, 9.17) is 17.3 Å². The number of pyridine rings is 1. The standard InChI is InChI=1S/C15H11ClN2/c16-13-9-8-12(10-4-1-2-5-11(10)13)14-6-3-7-15(17)18-14/h1-9H,(H2,17,18). The van der Waals surface area contributed by atoms with Crippen LogP contribution in [0.2, 0.25) is 5.02 Å². The fourth-order valence-corrected chi connectivity index (χ4v) is 2.31. The molecule has 2 nitrogen and oxygen atoms in total. The molecule has 0 aliphatic heterocycles. The van der Waals surface area contributed by atoms with Gasteiger partial charge in [0, 0.05) is 16.0 Å². The van der Waals surface area contributed by atoms with Crippen molar-refractivity contribution in [2.24, 2.45) is 0 Å². The van der Waals surface area contributed by atoms with Gasteiger partial charge < -0.3 is 5.73 Å². The molecule has 0 saturated carbocycles. The van der Waals surface area contributed by atoms with Gasteiger partial charge in [0.2, 0.25) is 0 Å². The van der Waals surface area contributed by atoms with Gasteiger partial charge >= 0.3 is 0 Å². The lowest BCUT2D eigenvalue weighted by atomic mass is 10.0. The van der Waals surface area contributed by atoms with E-state index in [-0.39, 0.29) is 0 Å². The summed E-state index contributed by atoms with van der Waals surface area (Å²) >= 11 is 6.20. The third-order valence-corrected chi connectivity index (χ3v) is 3.25. The van der Waals surface area contributed by atoms with Crippen LogP contribution in [0.15, 0.2) is 54.6 Å². The first-order chi connectivity index (χ1) is 8.75. The quantitative estimate of drug-likeness (QED) is 0.709. The molecule has 88 valence electrons. The summed E-state index contributed by atoms with van der Waals surface area (Å²) in [7, 11) is 0. The van der Waals surface area contributed by atoms with Crippen LogP contribution in [0.25, 0.3) is 22.0 Å². The van der Waals surface area contributed by atoms with E-state index in [9.17, 15) is 0 Å². The minimum absolute atomic E-state index is 0.520. The van der Waals surface area contributed by atoms with Crippen molar-refractivity contribution in [1.82, 2.24) is 4.98 Å². The molecule has 0 aliphatic rings. The van der Waals surface area contributed by atoms with Gasteiger partial charge in [-0.2, -0.15) is 0 Å². The largest absolute Gasteiger partial charge is 0.384 e. The zero-order valence-electron chi connectivity index (χ0n) is 9.60. The molecule has 0 amide bonds. The number of hydrogen-bond donors (Lipinski definition) is 1. The van der Waals surface area contributed by atoms with Crippen molar-refractivity contribution in [1.29, 1.82) is 0 Å². The molecule has 18 heavy (non-hydrogen) atoms. The molecule has 2 aromatic carbocycles. The number of fused-ring (bicyclic) bond motifs is 1. The van der Waals surface area contributed by atoms with Crippen molar-refractivity contribution in [2.75, 3.05) is 5.73 Å². The molecule has 0 unspecified atom stereocenters. The van der Waals surface area contributed by atoms with Crippen molar-refractivity contribution in [3.8, 4) is 11.3 Å². The molecule has 1 aromatic heterocycles. The highest BCUT2D eigenvalue weighted by Gasteiger charge is 2.07. The number of nitrogen functional groups attached to an aromatic ring is 1. The number of halogens is 1. The Morgan fingerprint density at radius 3 is 2.39 bits per heavy atom. The Bertz CT molecular complexity index is 723. The lowest BCUT2D eigenvalue weighted by molar-refractivity contribution is 1.34. The maximum Gasteiger partial charge on any atom is 0.124 e.